The molecule has 1 aromatic rings. The number of hydrogen-bond donors (Lipinski definition) is 0. The molecule has 0 saturated heterocycles. The van der Waals surface area contributed by atoms with Gasteiger partial charge in [-0.05, 0) is 12.0 Å². The number of halogens is 4. The lowest BCUT2D eigenvalue weighted by Crippen LogP contribution is -2.10. The number of aryl methyl sites for hydroxylation is 1. The minimum Gasteiger partial charge on any atom is -0.258 e. The Balaban J connectivity index is 3.27. The Morgan fingerprint density at radius 2 is 2.00 bits per heavy atom. The highest BCUT2D eigenvalue weighted by Crippen LogP contribution is 2.34. The van der Waals surface area contributed by atoms with Gasteiger partial charge < -0.3 is 0 Å². The van der Waals surface area contributed by atoms with E-state index in [1.807, 2.05) is 0 Å². The van der Waals surface area contributed by atoms with Crippen molar-refractivity contribution in [3.8, 4) is 0 Å². The van der Waals surface area contributed by atoms with Gasteiger partial charge in [-0.3, -0.25) is 10.1 Å². The predicted octanol–water partition coefficient (Wildman–Crippen LogP) is 3.55. The Morgan fingerprint density at radius 3 is 2.44 bits per heavy atom. The predicted molar refractivity (Wildman–Crippen MR) is 55.6 cm³/mol. The average molecular weight is 298 g/mol. The molecule has 0 radical (unpaired) electrons. The molecule has 0 unspecified atom stereocenters. The smallest absolute Gasteiger partial charge is 0.258 e. The molecule has 1 rings (SSSR count). The first-order valence-electron chi connectivity index (χ1n) is 4.26. The van der Waals surface area contributed by atoms with Crippen molar-refractivity contribution in [3.05, 3.63) is 39.4 Å². The van der Waals surface area contributed by atoms with E-state index in [0.717, 1.165) is 12.1 Å². The van der Waals surface area contributed by atoms with Gasteiger partial charge in [-0.1, -0.05) is 22.0 Å². The summed E-state index contributed by atoms with van der Waals surface area (Å²) in [6.07, 6.45) is -4.39. The number of rotatable bonds is 3. The number of benzene rings is 1. The molecule has 0 aromatic heterocycles. The maximum absolute atomic E-state index is 12.6. The summed E-state index contributed by atoms with van der Waals surface area (Å²) in [4.78, 5) is 9.54. The highest BCUT2D eigenvalue weighted by atomic mass is 79.9. The Bertz CT molecular complexity index is 406. The van der Waals surface area contributed by atoms with Crippen molar-refractivity contribution >= 4 is 21.6 Å². The van der Waals surface area contributed by atoms with Crippen LogP contribution in [0.1, 0.15) is 11.1 Å². The van der Waals surface area contributed by atoms with E-state index >= 15 is 0 Å². The highest BCUT2D eigenvalue weighted by Gasteiger charge is 2.34. The largest absolute Gasteiger partial charge is 0.416 e. The van der Waals surface area contributed by atoms with Crippen molar-refractivity contribution in [3.63, 3.8) is 0 Å². The second kappa shape index (κ2) is 4.82. The number of alkyl halides is 4. The molecule has 0 N–H and O–H groups in total. The van der Waals surface area contributed by atoms with Gasteiger partial charge in [0.1, 0.15) is 0 Å². The SMILES string of the molecule is O=[N+]([O-])c1ccc(CCBr)c(C(F)(F)F)c1. The van der Waals surface area contributed by atoms with Crippen molar-refractivity contribution in [2.75, 3.05) is 5.33 Å². The maximum Gasteiger partial charge on any atom is 0.416 e. The summed E-state index contributed by atoms with van der Waals surface area (Å²) in [6, 6.07) is 2.79. The molecule has 0 atom stereocenters. The van der Waals surface area contributed by atoms with E-state index in [1.54, 1.807) is 0 Å². The zero-order valence-corrected chi connectivity index (χ0v) is 9.51. The van der Waals surface area contributed by atoms with Gasteiger partial charge in [0.15, 0.2) is 0 Å². The molecule has 1 aromatic carbocycles. The molecule has 0 bridgehead atoms. The Morgan fingerprint density at radius 1 is 1.38 bits per heavy atom. The lowest BCUT2D eigenvalue weighted by atomic mass is 10.0. The van der Waals surface area contributed by atoms with Crippen LogP contribution in [0.5, 0.6) is 0 Å². The van der Waals surface area contributed by atoms with Gasteiger partial charge in [-0.15, -0.1) is 0 Å². The zero-order valence-electron chi connectivity index (χ0n) is 7.92. The first-order valence-corrected chi connectivity index (χ1v) is 5.39. The third kappa shape index (κ3) is 2.94. The fraction of sp³-hybridized carbons (Fsp3) is 0.333. The standard InChI is InChI=1S/C9H7BrF3NO2/c10-4-3-6-1-2-7(14(15)16)5-8(6)9(11,12)13/h1-2,5H,3-4H2. The van der Waals surface area contributed by atoms with Crippen LogP contribution < -0.4 is 0 Å². The monoisotopic (exact) mass is 297 g/mol. The summed E-state index contributed by atoms with van der Waals surface area (Å²) >= 11 is 3.03. The highest BCUT2D eigenvalue weighted by molar-refractivity contribution is 9.09. The molecule has 16 heavy (non-hydrogen) atoms. The number of nitro benzene ring substituents is 1. The summed E-state index contributed by atoms with van der Waals surface area (Å²) < 4.78 is 37.7. The summed E-state index contributed by atoms with van der Waals surface area (Å²) in [5, 5.41) is 10.7. The molecule has 3 nitrogen and oxygen atoms in total. The Labute approximate surface area is 97.5 Å². The van der Waals surface area contributed by atoms with Gasteiger partial charge in [0.05, 0.1) is 10.5 Å². The molecule has 0 fully saturated rings. The fourth-order valence-electron chi connectivity index (χ4n) is 1.26. The minimum atomic E-state index is -4.57. The van der Waals surface area contributed by atoms with E-state index < -0.39 is 22.4 Å². The molecule has 0 amide bonds. The van der Waals surface area contributed by atoms with Gasteiger partial charge in [-0.25, -0.2) is 0 Å². The first kappa shape index (κ1) is 13.0. The molecule has 7 heteroatoms. The lowest BCUT2D eigenvalue weighted by Gasteiger charge is -2.11. The van der Waals surface area contributed by atoms with Crippen LogP contribution in [-0.4, -0.2) is 10.3 Å². The summed E-state index contributed by atoms with van der Waals surface area (Å²) in [6.45, 7) is 0. The first-order chi connectivity index (χ1) is 7.36. The Hall–Kier alpha value is -1.11. The van der Waals surface area contributed by atoms with Gasteiger partial charge in [0.25, 0.3) is 5.69 Å². The topological polar surface area (TPSA) is 43.1 Å². The van der Waals surface area contributed by atoms with E-state index in [0.29, 0.717) is 11.4 Å². The zero-order chi connectivity index (χ0) is 12.3. The summed E-state index contributed by atoms with van der Waals surface area (Å²) in [7, 11) is 0. The molecule has 0 spiro atoms. The van der Waals surface area contributed by atoms with E-state index in [9.17, 15) is 23.3 Å². The van der Waals surface area contributed by atoms with E-state index in [-0.39, 0.29) is 12.0 Å². The van der Waals surface area contributed by atoms with Crippen molar-refractivity contribution in [1.82, 2.24) is 0 Å². The molecular formula is C9H7BrF3NO2. The van der Waals surface area contributed by atoms with Crippen LogP contribution in [0.25, 0.3) is 0 Å². The molecule has 0 heterocycles. The van der Waals surface area contributed by atoms with Crippen LogP contribution in [0.4, 0.5) is 18.9 Å². The quantitative estimate of drug-likeness (QED) is 0.486. The van der Waals surface area contributed by atoms with Gasteiger partial charge >= 0.3 is 6.18 Å². The molecular weight excluding hydrogens is 291 g/mol. The minimum absolute atomic E-state index is 0.0509. The van der Waals surface area contributed by atoms with Crippen molar-refractivity contribution < 1.29 is 18.1 Å². The normalized spacial score (nSPS) is 11.5. The second-order valence-electron chi connectivity index (χ2n) is 3.04. The molecule has 0 aliphatic carbocycles. The van der Waals surface area contributed by atoms with Crippen LogP contribution >= 0.6 is 15.9 Å². The van der Waals surface area contributed by atoms with Gasteiger partial charge in [0, 0.05) is 17.5 Å². The Kier molecular flexibility index (Phi) is 3.90. The third-order valence-corrected chi connectivity index (χ3v) is 2.37. The van der Waals surface area contributed by atoms with Gasteiger partial charge in [0.2, 0.25) is 0 Å². The number of nitrogens with zero attached hydrogens (tertiary/aromatic N) is 1. The third-order valence-electron chi connectivity index (χ3n) is 1.97. The average Bonchev–Trinajstić information content (AvgIpc) is 2.16. The van der Waals surface area contributed by atoms with Crippen LogP contribution in [0, 0.1) is 10.1 Å². The molecule has 0 saturated carbocycles. The fourth-order valence-corrected chi connectivity index (χ4v) is 1.69. The van der Waals surface area contributed by atoms with E-state index in [4.69, 9.17) is 0 Å². The van der Waals surface area contributed by atoms with Crippen LogP contribution in [0.2, 0.25) is 0 Å². The van der Waals surface area contributed by atoms with E-state index in [2.05, 4.69) is 15.9 Å². The second-order valence-corrected chi connectivity index (χ2v) is 3.83. The summed E-state index contributed by atoms with van der Waals surface area (Å²) in [5.41, 5.74) is -1.44. The van der Waals surface area contributed by atoms with Crippen molar-refractivity contribution in [2.24, 2.45) is 0 Å². The van der Waals surface area contributed by atoms with Crippen molar-refractivity contribution in [2.45, 2.75) is 12.6 Å². The molecule has 88 valence electrons. The van der Waals surface area contributed by atoms with Gasteiger partial charge in [-0.2, -0.15) is 13.2 Å². The number of nitro groups is 1. The van der Waals surface area contributed by atoms with Crippen molar-refractivity contribution in [1.29, 1.82) is 0 Å². The number of non-ortho nitro benzene ring substituents is 1. The van der Waals surface area contributed by atoms with Crippen LogP contribution in [-0.2, 0) is 12.6 Å². The molecule has 0 aliphatic rings. The number of hydrogen-bond acceptors (Lipinski definition) is 2. The summed E-state index contributed by atoms with van der Waals surface area (Å²) in [5.74, 6) is 0. The molecule has 0 aliphatic heterocycles. The lowest BCUT2D eigenvalue weighted by molar-refractivity contribution is -0.385. The van der Waals surface area contributed by atoms with Crippen LogP contribution in [0.15, 0.2) is 18.2 Å². The van der Waals surface area contributed by atoms with Crippen LogP contribution in [0.3, 0.4) is 0 Å². The maximum atomic E-state index is 12.6. The van der Waals surface area contributed by atoms with E-state index in [1.165, 1.54) is 0 Å².